The maximum atomic E-state index is 13.6. The Bertz CT molecular complexity index is 1090. The molecule has 2 aromatic rings. The fourth-order valence-electron chi connectivity index (χ4n) is 4.36. The summed E-state index contributed by atoms with van der Waals surface area (Å²) < 4.78 is 20.6. The summed E-state index contributed by atoms with van der Waals surface area (Å²) in [6.45, 7) is 7.64. The Hall–Kier alpha value is -3.00. The SMILES string of the molecule is CC(=O)N1CCc2c(cn(-c3ccc(F)cc3)c(=O)c2C(=O)N2CCOC(C(C)C)C2)C1. The minimum Gasteiger partial charge on any atom is -0.374 e. The fraction of sp³-hybridized carbons (Fsp3) is 0.458. The van der Waals surface area contributed by atoms with Crippen LogP contribution in [0.1, 0.15) is 42.3 Å². The zero-order valence-electron chi connectivity index (χ0n) is 18.6. The number of pyridine rings is 1. The number of rotatable bonds is 3. The van der Waals surface area contributed by atoms with Gasteiger partial charge in [-0.25, -0.2) is 4.39 Å². The quantitative estimate of drug-likeness (QED) is 0.733. The summed E-state index contributed by atoms with van der Waals surface area (Å²) in [5, 5.41) is 0. The van der Waals surface area contributed by atoms with Crippen molar-refractivity contribution in [1.29, 1.82) is 0 Å². The first-order chi connectivity index (χ1) is 15.3. The summed E-state index contributed by atoms with van der Waals surface area (Å²) in [6, 6.07) is 5.57. The summed E-state index contributed by atoms with van der Waals surface area (Å²) in [7, 11) is 0. The predicted octanol–water partition coefficient (Wildman–Crippen LogP) is 2.38. The van der Waals surface area contributed by atoms with E-state index in [1.807, 2.05) is 13.8 Å². The average Bonchev–Trinajstić information content (AvgIpc) is 2.78. The molecule has 170 valence electrons. The molecule has 2 amide bonds. The van der Waals surface area contributed by atoms with Crippen LogP contribution in [0, 0.1) is 11.7 Å². The number of aromatic nitrogens is 1. The van der Waals surface area contributed by atoms with Crippen molar-refractivity contribution >= 4 is 11.8 Å². The molecule has 0 N–H and O–H groups in total. The highest BCUT2D eigenvalue weighted by Gasteiger charge is 2.33. The van der Waals surface area contributed by atoms with Gasteiger partial charge >= 0.3 is 0 Å². The highest BCUT2D eigenvalue weighted by molar-refractivity contribution is 5.96. The third-order valence-corrected chi connectivity index (χ3v) is 6.29. The zero-order valence-corrected chi connectivity index (χ0v) is 18.6. The Morgan fingerprint density at radius 3 is 2.50 bits per heavy atom. The number of carbonyl (C=O) groups excluding carboxylic acids is 2. The van der Waals surface area contributed by atoms with Crippen LogP contribution < -0.4 is 5.56 Å². The Labute approximate surface area is 186 Å². The lowest BCUT2D eigenvalue weighted by molar-refractivity contribution is -0.129. The van der Waals surface area contributed by atoms with Gasteiger partial charge in [-0.3, -0.25) is 19.0 Å². The predicted molar refractivity (Wildman–Crippen MR) is 117 cm³/mol. The lowest BCUT2D eigenvalue weighted by Gasteiger charge is -2.36. The lowest BCUT2D eigenvalue weighted by Crippen LogP contribution is -2.49. The molecule has 0 saturated carbocycles. The lowest BCUT2D eigenvalue weighted by atomic mass is 9.95. The summed E-state index contributed by atoms with van der Waals surface area (Å²) in [6.07, 6.45) is 2.03. The van der Waals surface area contributed by atoms with Crippen molar-refractivity contribution in [2.45, 2.75) is 39.8 Å². The van der Waals surface area contributed by atoms with Crippen LogP contribution in [0.5, 0.6) is 0 Å². The smallest absolute Gasteiger partial charge is 0.268 e. The first-order valence-corrected chi connectivity index (χ1v) is 11.0. The van der Waals surface area contributed by atoms with E-state index in [9.17, 15) is 18.8 Å². The second kappa shape index (κ2) is 8.86. The van der Waals surface area contributed by atoms with Crippen molar-refractivity contribution in [1.82, 2.24) is 14.4 Å². The van der Waals surface area contributed by atoms with E-state index in [1.54, 1.807) is 16.0 Å². The average molecular weight is 442 g/mol. The molecule has 3 heterocycles. The summed E-state index contributed by atoms with van der Waals surface area (Å²) in [5.41, 5.74) is 1.63. The molecular weight excluding hydrogens is 413 g/mol. The van der Waals surface area contributed by atoms with Gasteiger partial charge in [-0.15, -0.1) is 0 Å². The molecule has 2 aliphatic rings. The van der Waals surface area contributed by atoms with Crippen LogP contribution in [0.2, 0.25) is 0 Å². The molecule has 1 atom stereocenters. The molecule has 1 fully saturated rings. The Kier molecular flexibility index (Phi) is 6.15. The van der Waals surface area contributed by atoms with Crippen LogP contribution in [-0.4, -0.2) is 58.5 Å². The summed E-state index contributed by atoms with van der Waals surface area (Å²) in [5.74, 6) is -0.536. The molecule has 32 heavy (non-hydrogen) atoms. The fourth-order valence-corrected chi connectivity index (χ4v) is 4.36. The standard InChI is InChI=1S/C24H28FN3O4/c1-15(2)21-14-27(10-11-32-21)23(30)22-20-8-9-26(16(3)29)12-17(20)13-28(24(22)31)19-6-4-18(25)5-7-19/h4-7,13,15,21H,8-12,14H2,1-3H3. The molecule has 7 nitrogen and oxygen atoms in total. The minimum absolute atomic E-state index is 0.0592. The minimum atomic E-state index is -0.427. The van der Waals surface area contributed by atoms with Gasteiger partial charge in [-0.05, 0) is 47.7 Å². The van der Waals surface area contributed by atoms with Crippen LogP contribution in [0.4, 0.5) is 4.39 Å². The van der Waals surface area contributed by atoms with Gasteiger partial charge in [0.15, 0.2) is 0 Å². The molecule has 0 spiro atoms. The molecule has 1 unspecified atom stereocenters. The van der Waals surface area contributed by atoms with Crippen LogP contribution >= 0.6 is 0 Å². The molecule has 8 heteroatoms. The molecule has 2 aliphatic heterocycles. The summed E-state index contributed by atoms with van der Waals surface area (Å²) >= 11 is 0. The largest absolute Gasteiger partial charge is 0.374 e. The van der Waals surface area contributed by atoms with Crippen LogP contribution in [0.15, 0.2) is 35.3 Å². The van der Waals surface area contributed by atoms with Crippen LogP contribution in [0.3, 0.4) is 0 Å². The van der Waals surface area contributed by atoms with Crippen molar-refractivity contribution in [2.24, 2.45) is 5.92 Å². The number of ether oxygens (including phenoxy) is 1. The Balaban J connectivity index is 1.81. The molecule has 0 radical (unpaired) electrons. The van der Waals surface area contributed by atoms with Gasteiger partial charge in [-0.1, -0.05) is 13.8 Å². The van der Waals surface area contributed by atoms with Crippen LogP contribution in [-0.2, 0) is 22.5 Å². The monoisotopic (exact) mass is 441 g/mol. The van der Waals surface area contributed by atoms with E-state index in [0.717, 1.165) is 5.56 Å². The Morgan fingerprint density at radius 2 is 1.84 bits per heavy atom. The number of hydrogen-bond donors (Lipinski definition) is 0. The molecule has 0 aliphatic carbocycles. The number of benzene rings is 1. The molecular formula is C24H28FN3O4. The Morgan fingerprint density at radius 1 is 1.12 bits per heavy atom. The maximum Gasteiger partial charge on any atom is 0.268 e. The van der Waals surface area contributed by atoms with Gasteiger partial charge in [0.1, 0.15) is 11.4 Å². The van der Waals surface area contributed by atoms with E-state index in [2.05, 4.69) is 0 Å². The zero-order chi connectivity index (χ0) is 23.0. The molecule has 1 aromatic heterocycles. The maximum absolute atomic E-state index is 13.6. The van der Waals surface area contributed by atoms with Crippen molar-refractivity contribution in [2.75, 3.05) is 26.2 Å². The van der Waals surface area contributed by atoms with Crippen LogP contribution in [0.25, 0.3) is 5.69 Å². The molecule has 0 bridgehead atoms. The molecule has 4 rings (SSSR count). The van der Waals surface area contributed by atoms with E-state index >= 15 is 0 Å². The highest BCUT2D eigenvalue weighted by atomic mass is 19.1. The van der Waals surface area contributed by atoms with E-state index in [0.29, 0.717) is 50.5 Å². The number of amides is 2. The van der Waals surface area contributed by atoms with Gasteiger partial charge in [0.25, 0.3) is 11.5 Å². The topological polar surface area (TPSA) is 71.9 Å². The van der Waals surface area contributed by atoms with Crippen molar-refractivity contribution in [3.05, 3.63) is 63.3 Å². The number of nitrogens with zero attached hydrogens (tertiary/aromatic N) is 3. The third-order valence-electron chi connectivity index (χ3n) is 6.29. The number of fused-ring (bicyclic) bond motifs is 1. The molecule has 1 saturated heterocycles. The molecule has 1 aromatic carbocycles. The van der Waals surface area contributed by atoms with Gasteiger partial charge < -0.3 is 14.5 Å². The van der Waals surface area contributed by atoms with Gasteiger partial charge in [0.05, 0.1) is 12.7 Å². The number of halogens is 1. The normalized spacial score (nSPS) is 18.6. The first kappa shape index (κ1) is 22.2. The third kappa shape index (κ3) is 4.19. The van der Waals surface area contributed by atoms with Gasteiger partial charge in [0, 0.05) is 45.0 Å². The highest BCUT2D eigenvalue weighted by Crippen LogP contribution is 2.24. The number of carbonyl (C=O) groups is 2. The van der Waals surface area contributed by atoms with E-state index < -0.39 is 11.4 Å². The summed E-state index contributed by atoms with van der Waals surface area (Å²) in [4.78, 5) is 42.5. The van der Waals surface area contributed by atoms with E-state index in [4.69, 9.17) is 4.74 Å². The van der Waals surface area contributed by atoms with Gasteiger partial charge in [-0.2, -0.15) is 0 Å². The van der Waals surface area contributed by atoms with Crippen molar-refractivity contribution in [3.8, 4) is 5.69 Å². The van der Waals surface area contributed by atoms with Crippen molar-refractivity contribution in [3.63, 3.8) is 0 Å². The second-order valence-electron chi connectivity index (χ2n) is 8.75. The number of hydrogen-bond acceptors (Lipinski definition) is 4. The second-order valence-corrected chi connectivity index (χ2v) is 8.75. The number of morpholine rings is 1. The van der Waals surface area contributed by atoms with Gasteiger partial charge in [0.2, 0.25) is 5.91 Å². The van der Waals surface area contributed by atoms with E-state index in [1.165, 1.54) is 35.8 Å². The van der Waals surface area contributed by atoms with E-state index in [-0.39, 0.29) is 29.4 Å². The van der Waals surface area contributed by atoms with Crippen molar-refractivity contribution < 1.29 is 18.7 Å². The first-order valence-electron chi connectivity index (χ1n) is 11.0.